The van der Waals surface area contributed by atoms with E-state index in [9.17, 15) is 9.18 Å². The number of benzene rings is 2. The van der Waals surface area contributed by atoms with E-state index in [1.165, 1.54) is 6.07 Å². The third-order valence-corrected chi connectivity index (χ3v) is 3.59. The van der Waals surface area contributed by atoms with Crippen molar-refractivity contribution in [3.63, 3.8) is 0 Å². The van der Waals surface area contributed by atoms with Gasteiger partial charge in [-0.15, -0.1) is 0 Å². The zero-order chi connectivity index (χ0) is 15.4. The van der Waals surface area contributed by atoms with E-state index in [-0.39, 0.29) is 11.7 Å². The molecule has 0 radical (unpaired) electrons. The van der Waals surface area contributed by atoms with Crippen molar-refractivity contribution in [1.29, 1.82) is 0 Å². The summed E-state index contributed by atoms with van der Waals surface area (Å²) >= 11 is 3.34. The fraction of sp³-hybridized carbons (Fsp3) is 0.188. The number of carbonyl (C=O) groups is 1. The van der Waals surface area contributed by atoms with E-state index in [0.717, 1.165) is 4.47 Å². The average Bonchev–Trinajstić information content (AvgIpc) is 2.45. The number of anilines is 2. The fourth-order valence-electron chi connectivity index (χ4n) is 1.78. The van der Waals surface area contributed by atoms with Crippen molar-refractivity contribution in [2.75, 3.05) is 10.6 Å². The summed E-state index contributed by atoms with van der Waals surface area (Å²) in [5.74, 6) is -0.473. The van der Waals surface area contributed by atoms with Crippen molar-refractivity contribution in [1.82, 2.24) is 0 Å². The Morgan fingerprint density at radius 3 is 2.38 bits per heavy atom. The monoisotopic (exact) mass is 350 g/mol. The third kappa shape index (κ3) is 4.29. The van der Waals surface area contributed by atoms with Gasteiger partial charge in [-0.05, 0) is 55.8 Å². The Hall–Kier alpha value is -1.88. The summed E-state index contributed by atoms with van der Waals surface area (Å²) in [6.07, 6.45) is 0. The van der Waals surface area contributed by atoms with Crippen LogP contribution in [0.4, 0.5) is 15.8 Å². The summed E-state index contributed by atoms with van der Waals surface area (Å²) in [5.41, 5.74) is 1.87. The summed E-state index contributed by atoms with van der Waals surface area (Å²) in [4.78, 5) is 12.1. The van der Waals surface area contributed by atoms with E-state index in [1.54, 1.807) is 38.1 Å². The highest BCUT2D eigenvalue weighted by atomic mass is 79.9. The molecule has 0 aliphatic carbocycles. The summed E-state index contributed by atoms with van der Waals surface area (Å²) in [6, 6.07) is 11.7. The summed E-state index contributed by atoms with van der Waals surface area (Å²) in [7, 11) is 0. The lowest BCUT2D eigenvalue weighted by molar-refractivity contribution is -0.116. The number of hydrogen-bond donors (Lipinski definition) is 2. The molecule has 2 rings (SSSR count). The zero-order valence-corrected chi connectivity index (χ0v) is 13.4. The Morgan fingerprint density at radius 1 is 1.14 bits per heavy atom. The van der Waals surface area contributed by atoms with E-state index in [0.29, 0.717) is 16.9 Å². The smallest absolute Gasteiger partial charge is 0.246 e. The van der Waals surface area contributed by atoms with Crippen LogP contribution in [0.15, 0.2) is 46.9 Å². The molecule has 1 atom stereocenters. The minimum atomic E-state index is -0.476. The number of carbonyl (C=O) groups excluding carboxylic acids is 1. The van der Waals surface area contributed by atoms with Gasteiger partial charge in [0, 0.05) is 15.8 Å². The number of rotatable bonds is 4. The molecule has 5 heteroatoms. The van der Waals surface area contributed by atoms with E-state index in [4.69, 9.17) is 0 Å². The maximum absolute atomic E-state index is 13.5. The number of aryl methyl sites for hydroxylation is 1. The second-order valence-corrected chi connectivity index (χ2v) is 5.74. The molecule has 0 aromatic heterocycles. The zero-order valence-electron chi connectivity index (χ0n) is 11.8. The van der Waals surface area contributed by atoms with Crippen molar-refractivity contribution in [3.8, 4) is 0 Å². The lowest BCUT2D eigenvalue weighted by Crippen LogP contribution is -2.31. The normalized spacial score (nSPS) is 11.8. The first-order chi connectivity index (χ1) is 9.95. The van der Waals surface area contributed by atoms with Crippen LogP contribution in [0.5, 0.6) is 0 Å². The molecule has 1 amide bonds. The SMILES string of the molecule is Cc1ccc(N[C@H](C)C(=O)Nc2ccc(Br)cc2)cc1F. The Kier molecular flexibility index (Phi) is 4.96. The van der Waals surface area contributed by atoms with Crippen molar-refractivity contribution in [2.24, 2.45) is 0 Å². The van der Waals surface area contributed by atoms with Gasteiger partial charge in [0.15, 0.2) is 0 Å². The van der Waals surface area contributed by atoms with E-state index < -0.39 is 6.04 Å². The van der Waals surface area contributed by atoms with E-state index >= 15 is 0 Å². The van der Waals surface area contributed by atoms with Crippen molar-refractivity contribution < 1.29 is 9.18 Å². The van der Waals surface area contributed by atoms with Crippen LogP contribution in [0.1, 0.15) is 12.5 Å². The molecule has 3 nitrogen and oxygen atoms in total. The van der Waals surface area contributed by atoms with E-state index in [1.807, 2.05) is 12.1 Å². The summed E-state index contributed by atoms with van der Waals surface area (Å²) in [6.45, 7) is 3.43. The van der Waals surface area contributed by atoms with Crippen LogP contribution >= 0.6 is 15.9 Å². The van der Waals surface area contributed by atoms with Crippen LogP contribution < -0.4 is 10.6 Å². The third-order valence-electron chi connectivity index (χ3n) is 3.06. The van der Waals surface area contributed by atoms with Gasteiger partial charge in [0.2, 0.25) is 5.91 Å². The second kappa shape index (κ2) is 6.72. The van der Waals surface area contributed by atoms with E-state index in [2.05, 4.69) is 26.6 Å². The Morgan fingerprint density at radius 2 is 1.76 bits per heavy atom. The van der Waals surface area contributed by atoms with Gasteiger partial charge in [-0.3, -0.25) is 4.79 Å². The number of nitrogens with one attached hydrogen (secondary N) is 2. The molecule has 0 saturated carbocycles. The molecule has 21 heavy (non-hydrogen) atoms. The Labute approximate surface area is 131 Å². The molecule has 2 aromatic carbocycles. The molecule has 0 spiro atoms. The maximum atomic E-state index is 13.5. The first kappa shape index (κ1) is 15.5. The van der Waals surface area contributed by atoms with Gasteiger partial charge in [0.05, 0.1) is 0 Å². The fourth-order valence-corrected chi connectivity index (χ4v) is 2.05. The van der Waals surface area contributed by atoms with Gasteiger partial charge < -0.3 is 10.6 Å². The molecule has 110 valence electrons. The largest absolute Gasteiger partial charge is 0.374 e. The molecule has 0 aliphatic rings. The Balaban J connectivity index is 1.98. The maximum Gasteiger partial charge on any atom is 0.246 e. The van der Waals surface area contributed by atoms with Gasteiger partial charge in [-0.25, -0.2) is 4.39 Å². The van der Waals surface area contributed by atoms with Gasteiger partial charge in [0.25, 0.3) is 0 Å². The van der Waals surface area contributed by atoms with Gasteiger partial charge >= 0.3 is 0 Å². The van der Waals surface area contributed by atoms with Crippen molar-refractivity contribution in [2.45, 2.75) is 19.9 Å². The molecule has 0 bridgehead atoms. The minimum absolute atomic E-state index is 0.182. The van der Waals surface area contributed by atoms with Crippen LogP contribution in [0.3, 0.4) is 0 Å². The van der Waals surface area contributed by atoms with Crippen LogP contribution in [0.25, 0.3) is 0 Å². The summed E-state index contributed by atoms with van der Waals surface area (Å²) in [5, 5.41) is 5.78. The molecule has 0 saturated heterocycles. The van der Waals surface area contributed by atoms with Gasteiger partial charge in [-0.1, -0.05) is 22.0 Å². The molecule has 2 aromatic rings. The minimum Gasteiger partial charge on any atom is -0.374 e. The highest BCUT2D eigenvalue weighted by molar-refractivity contribution is 9.10. The van der Waals surface area contributed by atoms with Crippen molar-refractivity contribution in [3.05, 3.63) is 58.3 Å². The number of halogens is 2. The lowest BCUT2D eigenvalue weighted by Gasteiger charge is -2.15. The quantitative estimate of drug-likeness (QED) is 0.861. The van der Waals surface area contributed by atoms with Gasteiger partial charge in [-0.2, -0.15) is 0 Å². The highest BCUT2D eigenvalue weighted by Gasteiger charge is 2.13. The average molecular weight is 351 g/mol. The summed E-state index contributed by atoms with van der Waals surface area (Å²) < 4.78 is 14.4. The molecule has 2 N–H and O–H groups in total. The molecule has 0 unspecified atom stereocenters. The first-order valence-electron chi connectivity index (χ1n) is 6.55. The highest BCUT2D eigenvalue weighted by Crippen LogP contribution is 2.16. The van der Waals surface area contributed by atoms with Crippen LogP contribution in [0, 0.1) is 12.7 Å². The predicted molar refractivity (Wildman–Crippen MR) is 87.0 cm³/mol. The molecule has 0 aliphatic heterocycles. The molecule has 0 fully saturated rings. The predicted octanol–water partition coefficient (Wildman–Crippen LogP) is 4.34. The number of amides is 1. The number of hydrogen-bond acceptors (Lipinski definition) is 2. The van der Waals surface area contributed by atoms with Crippen LogP contribution in [0.2, 0.25) is 0 Å². The topological polar surface area (TPSA) is 41.1 Å². The Bertz CT molecular complexity index is 643. The van der Waals surface area contributed by atoms with Crippen LogP contribution in [-0.4, -0.2) is 11.9 Å². The van der Waals surface area contributed by atoms with Crippen LogP contribution in [-0.2, 0) is 4.79 Å². The molecular weight excluding hydrogens is 335 g/mol. The molecule has 0 heterocycles. The molecular formula is C16H16BrFN2O. The standard InChI is InChI=1S/C16H16BrFN2O/c1-10-3-6-14(9-15(10)18)19-11(2)16(21)20-13-7-4-12(17)5-8-13/h3-9,11,19H,1-2H3,(H,20,21)/t11-/m1/s1. The van der Waals surface area contributed by atoms with Crippen molar-refractivity contribution >= 4 is 33.2 Å². The lowest BCUT2D eigenvalue weighted by atomic mass is 10.2. The van der Waals surface area contributed by atoms with Gasteiger partial charge in [0.1, 0.15) is 11.9 Å². The second-order valence-electron chi connectivity index (χ2n) is 4.83. The first-order valence-corrected chi connectivity index (χ1v) is 7.34.